The molecule has 0 heterocycles. The van der Waals surface area contributed by atoms with Crippen molar-refractivity contribution >= 4 is 17.6 Å². The van der Waals surface area contributed by atoms with Gasteiger partial charge in [0.1, 0.15) is 5.75 Å². The van der Waals surface area contributed by atoms with Crippen LogP contribution in [0.25, 0.3) is 0 Å². The normalized spacial score (nSPS) is 12.6. The predicted octanol–water partition coefficient (Wildman–Crippen LogP) is 7.70. The van der Waals surface area contributed by atoms with Gasteiger partial charge in [-0.15, -0.1) is 0 Å². The molecule has 3 rings (SSSR count). The summed E-state index contributed by atoms with van der Waals surface area (Å²) in [6, 6.07) is 21.1. The van der Waals surface area contributed by atoms with E-state index in [2.05, 4.69) is 30.9 Å². The second-order valence-electron chi connectivity index (χ2n) is 9.69. The molecule has 1 atom stereocenters. The Hall–Kier alpha value is -3.03. The number of aliphatic carboxylic acids is 1. The van der Waals surface area contributed by atoms with E-state index in [1.54, 1.807) is 30.3 Å². The van der Waals surface area contributed by atoms with Crippen LogP contribution >= 0.6 is 11.6 Å². The molecule has 1 N–H and O–H groups in total. The van der Waals surface area contributed by atoms with E-state index >= 15 is 0 Å². The highest BCUT2D eigenvalue weighted by molar-refractivity contribution is 6.32. The number of rotatable bonds is 13. The number of carboxylic acid groups (broad SMARTS) is 1. The zero-order chi connectivity index (χ0) is 27.7. The van der Waals surface area contributed by atoms with E-state index in [1.165, 1.54) is 11.6 Å². The highest BCUT2D eigenvalue weighted by Gasteiger charge is 2.34. The minimum absolute atomic E-state index is 0.0845. The molecule has 204 valence electrons. The Balaban J connectivity index is 1.75. The maximum absolute atomic E-state index is 13.5. The predicted molar refractivity (Wildman–Crippen MR) is 144 cm³/mol. The van der Waals surface area contributed by atoms with Gasteiger partial charge in [-0.05, 0) is 53.1 Å². The van der Waals surface area contributed by atoms with Gasteiger partial charge >= 0.3 is 12.1 Å². The maximum Gasteiger partial charge on any atom is 0.417 e. The first-order valence-corrected chi connectivity index (χ1v) is 13.0. The summed E-state index contributed by atoms with van der Waals surface area (Å²) in [5.74, 6) is 0.157. The molecule has 0 bridgehead atoms. The van der Waals surface area contributed by atoms with Gasteiger partial charge < -0.3 is 9.84 Å². The SMILES string of the molecule is CC(C)C(CN(CCCOc1cccc(CC(=O)O)c1)Cc1cccc(C(F)(F)F)c1Cl)c1ccccc1. The van der Waals surface area contributed by atoms with Gasteiger partial charge in [0, 0.05) is 19.6 Å². The number of alkyl halides is 3. The number of carbonyl (C=O) groups is 1. The van der Waals surface area contributed by atoms with E-state index in [1.807, 2.05) is 18.2 Å². The number of carboxylic acids is 1. The van der Waals surface area contributed by atoms with Crippen molar-refractivity contribution in [1.82, 2.24) is 4.90 Å². The molecule has 0 saturated carbocycles. The van der Waals surface area contributed by atoms with Crippen molar-refractivity contribution in [1.29, 1.82) is 0 Å². The van der Waals surface area contributed by atoms with E-state index in [-0.39, 0.29) is 23.9 Å². The average molecular weight is 548 g/mol. The van der Waals surface area contributed by atoms with Crippen molar-refractivity contribution in [3.8, 4) is 5.75 Å². The van der Waals surface area contributed by atoms with Crippen LogP contribution in [0.2, 0.25) is 5.02 Å². The monoisotopic (exact) mass is 547 g/mol. The van der Waals surface area contributed by atoms with E-state index in [0.717, 1.165) is 6.07 Å². The first-order chi connectivity index (χ1) is 18.0. The van der Waals surface area contributed by atoms with Crippen LogP contribution in [-0.2, 0) is 23.9 Å². The molecule has 8 heteroatoms. The van der Waals surface area contributed by atoms with E-state index in [4.69, 9.17) is 21.4 Å². The standard InChI is InChI=1S/C30H33ClF3NO3/c1-21(2)26(23-10-4-3-5-11-23)20-35(19-24-12-7-14-27(29(24)31)30(32,33)34)15-8-16-38-25-13-6-9-22(17-25)18-28(36)37/h3-7,9-14,17,21,26H,8,15-16,18-20H2,1-2H3,(H,36,37). The fourth-order valence-electron chi connectivity index (χ4n) is 4.47. The molecule has 0 aliphatic rings. The van der Waals surface area contributed by atoms with Crippen LogP contribution in [0.1, 0.15) is 48.4 Å². The summed E-state index contributed by atoms with van der Waals surface area (Å²) in [6.45, 7) is 6.15. The average Bonchev–Trinajstić information content (AvgIpc) is 2.85. The van der Waals surface area contributed by atoms with Crippen LogP contribution in [0.5, 0.6) is 5.75 Å². The second-order valence-corrected chi connectivity index (χ2v) is 10.1. The van der Waals surface area contributed by atoms with Gasteiger partial charge in [0.15, 0.2) is 0 Å². The summed E-state index contributed by atoms with van der Waals surface area (Å²) in [5.41, 5.74) is 1.43. The molecule has 1 unspecified atom stereocenters. The number of hydrogen-bond acceptors (Lipinski definition) is 3. The Morgan fingerprint density at radius 3 is 2.39 bits per heavy atom. The van der Waals surface area contributed by atoms with Gasteiger partial charge in [-0.2, -0.15) is 13.2 Å². The summed E-state index contributed by atoms with van der Waals surface area (Å²) < 4.78 is 46.3. The van der Waals surface area contributed by atoms with Gasteiger partial charge in [-0.1, -0.05) is 80.0 Å². The molecule has 4 nitrogen and oxygen atoms in total. The lowest BCUT2D eigenvalue weighted by molar-refractivity contribution is -0.138. The van der Waals surface area contributed by atoms with Crippen molar-refractivity contribution in [3.05, 3.63) is 100 Å². The maximum atomic E-state index is 13.5. The molecule has 3 aromatic rings. The summed E-state index contributed by atoms with van der Waals surface area (Å²) in [4.78, 5) is 13.1. The zero-order valence-corrected chi connectivity index (χ0v) is 22.3. The van der Waals surface area contributed by atoms with Gasteiger partial charge in [-0.3, -0.25) is 9.69 Å². The molecule has 0 saturated heterocycles. The Morgan fingerprint density at radius 2 is 1.74 bits per heavy atom. The van der Waals surface area contributed by atoms with Gasteiger partial charge in [-0.25, -0.2) is 0 Å². The molecule has 0 radical (unpaired) electrons. The molecule has 0 fully saturated rings. The van der Waals surface area contributed by atoms with Crippen LogP contribution in [0, 0.1) is 5.92 Å². The Bertz CT molecular complexity index is 1180. The summed E-state index contributed by atoms with van der Waals surface area (Å²) in [7, 11) is 0. The van der Waals surface area contributed by atoms with Crippen molar-refractivity contribution in [3.63, 3.8) is 0 Å². The lowest BCUT2D eigenvalue weighted by Crippen LogP contribution is -2.32. The van der Waals surface area contributed by atoms with E-state index < -0.39 is 17.7 Å². The van der Waals surface area contributed by atoms with Crippen molar-refractivity contribution in [2.24, 2.45) is 5.92 Å². The smallest absolute Gasteiger partial charge is 0.417 e. The third-order valence-corrected chi connectivity index (χ3v) is 6.85. The quantitative estimate of drug-likeness (QED) is 0.223. The van der Waals surface area contributed by atoms with Gasteiger partial charge in [0.05, 0.1) is 23.6 Å². The van der Waals surface area contributed by atoms with Gasteiger partial charge in [0.2, 0.25) is 0 Å². The number of nitrogens with zero attached hydrogens (tertiary/aromatic N) is 1. The highest BCUT2D eigenvalue weighted by Crippen LogP contribution is 2.37. The summed E-state index contributed by atoms with van der Waals surface area (Å²) >= 11 is 6.23. The van der Waals surface area contributed by atoms with Crippen LogP contribution in [0.15, 0.2) is 72.8 Å². The van der Waals surface area contributed by atoms with Crippen molar-refractivity contribution < 1.29 is 27.8 Å². The summed E-state index contributed by atoms with van der Waals surface area (Å²) in [6.07, 6.45) is -3.98. The molecular formula is C30H33ClF3NO3. The topological polar surface area (TPSA) is 49.8 Å². The van der Waals surface area contributed by atoms with Crippen LogP contribution in [0.3, 0.4) is 0 Å². The Labute approximate surface area is 227 Å². The molecule has 0 spiro atoms. The van der Waals surface area contributed by atoms with Crippen LogP contribution in [0.4, 0.5) is 13.2 Å². The van der Waals surface area contributed by atoms with E-state index in [0.29, 0.717) is 48.9 Å². The van der Waals surface area contributed by atoms with E-state index in [9.17, 15) is 18.0 Å². The lowest BCUT2D eigenvalue weighted by atomic mass is 9.88. The molecule has 38 heavy (non-hydrogen) atoms. The number of halogens is 4. The Kier molecular flexibility index (Phi) is 10.6. The number of ether oxygens (including phenoxy) is 1. The Morgan fingerprint density at radius 1 is 1.03 bits per heavy atom. The summed E-state index contributed by atoms with van der Waals surface area (Å²) in [5, 5.41) is 8.74. The molecule has 0 amide bonds. The molecule has 0 aliphatic carbocycles. The second kappa shape index (κ2) is 13.7. The largest absolute Gasteiger partial charge is 0.494 e. The molecular weight excluding hydrogens is 515 g/mol. The molecule has 3 aromatic carbocycles. The highest BCUT2D eigenvalue weighted by atomic mass is 35.5. The third-order valence-electron chi connectivity index (χ3n) is 6.41. The first-order valence-electron chi connectivity index (χ1n) is 12.6. The number of hydrogen-bond donors (Lipinski definition) is 1. The lowest BCUT2D eigenvalue weighted by Gasteiger charge is -2.31. The third kappa shape index (κ3) is 8.77. The van der Waals surface area contributed by atoms with Crippen molar-refractivity contribution in [2.75, 3.05) is 19.7 Å². The van der Waals surface area contributed by atoms with Crippen molar-refractivity contribution in [2.45, 2.75) is 45.3 Å². The minimum Gasteiger partial charge on any atom is -0.494 e. The first kappa shape index (κ1) is 29.5. The molecule has 0 aliphatic heterocycles. The minimum atomic E-state index is -4.52. The van der Waals surface area contributed by atoms with Crippen LogP contribution < -0.4 is 4.74 Å². The van der Waals surface area contributed by atoms with Gasteiger partial charge in [0.25, 0.3) is 0 Å². The zero-order valence-electron chi connectivity index (χ0n) is 21.5. The number of benzene rings is 3. The van der Waals surface area contributed by atoms with Crippen LogP contribution in [-0.4, -0.2) is 35.7 Å². The molecule has 0 aromatic heterocycles. The fourth-order valence-corrected chi connectivity index (χ4v) is 4.77. The fraction of sp³-hybridized carbons (Fsp3) is 0.367.